The number of benzene rings is 1. The SMILES string of the molecule is COC(=O)C(I)CNC(=O)c1cc(OC)ccc1O. The molecule has 1 amide bonds. The van der Waals surface area contributed by atoms with Gasteiger partial charge in [0.2, 0.25) is 0 Å². The molecule has 2 N–H and O–H groups in total. The molecule has 1 aromatic rings. The fourth-order valence-electron chi connectivity index (χ4n) is 1.31. The molecule has 6 nitrogen and oxygen atoms in total. The minimum Gasteiger partial charge on any atom is -0.507 e. The van der Waals surface area contributed by atoms with Gasteiger partial charge in [0.15, 0.2) is 0 Å². The number of esters is 1. The third kappa shape index (κ3) is 4.27. The van der Waals surface area contributed by atoms with E-state index >= 15 is 0 Å². The molecule has 1 rings (SSSR count). The molecule has 0 bridgehead atoms. The van der Waals surface area contributed by atoms with Crippen molar-refractivity contribution in [3.8, 4) is 11.5 Å². The number of halogens is 1. The number of hydrogen-bond acceptors (Lipinski definition) is 5. The summed E-state index contributed by atoms with van der Waals surface area (Å²) in [6.45, 7) is 0.114. The van der Waals surface area contributed by atoms with Gasteiger partial charge in [-0.2, -0.15) is 0 Å². The molecule has 7 heteroatoms. The number of amides is 1. The summed E-state index contributed by atoms with van der Waals surface area (Å²) in [5, 5.41) is 12.2. The smallest absolute Gasteiger partial charge is 0.320 e. The predicted molar refractivity (Wildman–Crippen MR) is 76.8 cm³/mol. The number of phenols is 1. The lowest BCUT2D eigenvalue weighted by molar-refractivity contribution is -0.139. The van der Waals surface area contributed by atoms with E-state index in [4.69, 9.17) is 4.74 Å². The van der Waals surface area contributed by atoms with Gasteiger partial charge < -0.3 is 19.9 Å². The van der Waals surface area contributed by atoms with Gasteiger partial charge in [-0.05, 0) is 18.2 Å². The molecular formula is C12H14INO5. The topological polar surface area (TPSA) is 84.9 Å². The van der Waals surface area contributed by atoms with E-state index in [1.165, 1.54) is 26.4 Å². The molecule has 19 heavy (non-hydrogen) atoms. The van der Waals surface area contributed by atoms with Crippen molar-refractivity contribution in [3.63, 3.8) is 0 Å². The summed E-state index contributed by atoms with van der Waals surface area (Å²) in [5.74, 6) is -0.596. The van der Waals surface area contributed by atoms with E-state index in [9.17, 15) is 14.7 Å². The van der Waals surface area contributed by atoms with Crippen molar-refractivity contribution in [1.29, 1.82) is 0 Å². The molecule has 0 heterocycles. The van der Waals surface area contributed by atoms with Gasteiger partial charge in [-0.1, -0.05) is 22.6 Å². The second-order valence-corrected chi connectivity index (χ2v) is 5.09. The van der Waals surface area contributed by atoms with Crippen LogP contribution in [0.4, 0.5) is 0 Å². The Hall–Kier alpha value is -1.51. The van der Waals surface area contributed by atoms with Crippen LogP contribution < -0.4 is 10.1 Å². The van der Waals surface area contributed by atoms with Crippen LogP contribution in [0.15, 0.2) is 18.2 Å². The van der Waals surface area contributed by atoms with Crippen molar-refractivity contribution in [2.45, 2.75) is 3.92 Å². The van der Waals surface area contributed by atoms with Crippen LogP contribution in [0.25, 0.3) is 0 Å². The van der Waals surface area contributed by atoms with Crippen LogP contribution in [-0.4, -0.2) is 41.7 Å². The maximum absolute atomic E-state index is 11.9. The molecule has 0 aliphatic rings. The molecule has 1 unspecified atom stereocenters. The van der Waals surface area contributed by atoms with E-state index in [1.807, 2.05) is 22.6 Å². The van der Waals surface area contributed by atoms with Crippen molar-refractivity contribution in [1.82, 2.24) is 5.32 Å². The summed E-state index contributed by atoms with van der Waals surface area (Å²) >= 11 is 1.87. The Morgan fingerprint density at radius 2 is 2.11 bits per heavy atom. The molecule has 0 spiro atoms. The third-order valence-electron chi connectivity index (χ3n) is 2.35. The Bertz CT molecular complexity index is 477. The molecule has 1 atom stereocenters. The number of ether oxygens (including phenoxy) is 2. The second kappa shape index (κ2) is 7.17. The Morgan fingerprint density at radius 1 is 1.42 bits per heavy atom. The van der Waals surface area contributed by atoms with Crippen molar-refractivity contribution in [2.75, 3.05) is 20.8 Å². The lowest BCUT2D eigenvalue weighted by Gasteiger charge is -2.11. The maximum atomic E-state index is 11.9. The van der Waals surface area contributed by atoms with Crippen LogP contribution in [0.1, 0.15) is 10.4 Å². The molecule has 104 valence electrons. The van der Waals surface area contributed by atoms with Gasteiger partial charge in [-0.3, -0.25) is 9.59 Å². The van der Waals surface area contributed by atoms with Crippen LogP contribution in [0.3, 0.4) is 0 Å². The number of carbonyl (C=O) groups is 2. The summed E-state index contributed by atoms with van der Waals surface area (Å²) in [6.07, 6.45) is 0. The lowest BCUT2D eigenvalue weighted by Crippen LogP contribution is -2.33. The summed E-state index contributed by atoms with van der Waals surface area (Å²) in [6, 6.07) is 4.34. The molecular weight excluding hydrogens is 365 g/mol. The number of hydrogen-bond donors (Lipinski definition) is 2. The fraction of sp³-hybridized carbons (Fsp3) is 0.333. The van der Waals surface area contributed by atoms with Gasteiger partial charge >= 0.3 is 5.97 Å². The molecule has 0 aliphatic heterocycles. The number of phenolic OH excluding ortho intramolecular Hbond substituents is 1. The number of methoxy groups -OCH3 is 2. The highest BCUT2D eigenvalue weighted by Gasteiger charge is 2.18. The normalized spacial score (nSPS) is 11.5. The van der Waals surface area contributed by atoms with Crippen LogP contribution in [0.5, 0.6) is 11.5 Å². The highest BCUT2D eigenvalue weighted by molar-refractivity contribution is 14.1. The van der Waals surface area contributed by atoms with Gasteiger partial charge in [-0.15, -0.1) is 0 Å². The van der Waals surface area contributed by atoms with Crippen molar-refractivity contribution < 1.29 is 24.2 Å². The van der Waals surface area contributed by atoms with Crippen LogP contribution in [-0.2, 0) is 9.53 Å². The summed E-state index contributed by atoms with van der Waals surface area (Å²) in [5.41, 5.74) is 0.0906. The minimum absolute atomic E-state index is 0.0906. The first-order valence-electron chi connectivity index (χ1n) is 5.36. The number of alkyl halides is 1. The Morgan fingerprint density at radius 3 is 2.68 bits per heavy atom. The number of aromatic hydroxyl groups is 1. The fourth-order valence-corrected chi connectivity index (χ4v) is 1.79. The summed E-state index contributed by atoms with van der Waals surface area (Å²) in [7, 11) is 2.75. The quantitative estimate of drug-likeness (QED) is 0.455. The van der Waals surface area contributed by atoms with E-state index in [0.29, 0.717) is 5.75 Å². The average Bonchev–Trinajstić information content (AvgIpc) is 2.43. The van der Waals surface area contributed by atoms with Crippen molar-refractivity contribution in [3.05, 3.63) is 23.8 Å². The van der Waals surface area contributed by atoms with E-state index in [1.54, 1.807) is 6.07 Å². The first-order chi connectivity index (χ1) is 8.99. The monoisotopic (exact) mass is 379 g/mol. The number of carbonyl (C=O) groups excluding carboxylic acids is 2. The van der Waals surface area contributed by atoms with Gasteiger partial charge in [0.25, 0.3) is 5.91 Å². The summed E-state index contributed by atoms with van der Waals surface area (Å²) < 4.78 is 9.03. The molecule has 0 aliphatic carbocycles. The standard InChI is InChI=1S/C12H14INO5/c1-18-7-3-4-10(15)8(5-7)11(16)14-6-9(13)12(17)19-2/h3-5,9,15H,6H2,1-2H3,(H,14,16). The van der Waals surface area contributed by atoms with Crippen molar-refractivity contribution in [2.24, 2.45) is 0 Å². The average molecular weight is 379 g/mol. The predicted octanol–water partition coefficient (Wildman–Crippen LogP) is 1.11. The van der Waals surface area contributed by atoms with E-state index < -0.39 is 15.8 Å². The highest BCUT2D eigenvalue weighted by Crippen LogP contribution is 2.22. The van der Waals surface area contributed by atoms with Crippen LogP contribution in [0, 0.1) is 0 Å². The van der Waals surface area contributed by atoms with Gasteiger partial charge in [0.05, 0.1) is 19.8 Å². The molecule has 1 aromatic carbocycles. The summed E-state index contributed by atoms with van der Waals surface area (Å²) in [4.78, 5) is 23.0. The molecule has 0 saturated carbocycles. The molecule has 0 fully saturated rings. The largest absolute Gasteiger partial charge is 0.507 e. The minimum atomic E-state index is -0.487. The Labute approximate surface area is 124 Å². The van der Waals surface area contributed by atoms with E-state index in [-0.39, 0.29) is 17.9 Å². The number of nitrogens with one attached hydrogen (secondary N) is 1. The molecule has 0 aromatic heterocycles. The van der Waals surface area contributed by atoms with E-state index in [0.717, 1.165) is 0 Å². The zero-order chi connectivity index (χ0) is 14.4. The maximum Gasteiger partial charge on any atom is 0.320 e. The first-order valence-corrected chi connectivity index (χ1v) is 6.61. The first kappa shape index (κ1) is 15.5. The zero-order valence-electron chi connectivity index (χ0n) is 10.5. The second-order valence-electron chi connectivity index (χ2n) is 3.58. The van der Waals surface area contributed by atoms with Gasteiger partial charge in [0.1, 0.15) is 15.4 Å². The highest BCUT2D eigenvalue weighted by atomic mass is 127. The third-order valence-corrected chi connectivity index (χ3v) is 3.30. The molecule has 0 radical (unpaired) electrons. The van der Waals surface area contributed by atoms with Gasteiger partial charge in [-0.25, -0.2) is 0 Å². The number of rotatable bonds is 5. The van der Waals surface area contributed by atoms with Crippen LogP contribution >= 0.6 is 22.6 Å². The zero-order valence-corrected chi connectivity index (χ0v) is 12.6. The lowest BCUT2D eigenvalue weighted by atomic mass is 10.1. The van der Waals surface area contributed by atoms with Gasteiger partial charge in [0, 0.05) is 6.54 Å². The molecule has 0 saturated heterocycles. The van der Waals surface area contributed by atoms with E-state index in [2.05, 4.69) is 10.1 Å². The van der Waals surface area contributed by atoms with Crippen LogP contribution in [0.2, 0.25) is 0 Å². The Kier molecular flexibility index (Phi) is 5.87. The Balaban J connectivity index is 2.70. The van der Waals surface area contributed by atoms with Crippen molar-refractivity contribution >= 4 is 34.5 Å².